The number of hydrogen-bond acceptors (Lipinski definition) is 2. The second-order valence-corrected chi connectivity index (χ2v) is 3.43. The Morgan fingerprint density at radius 1 is 1.07 bits per heavy atom. The van der Waals surface area contributed by atoms with Gasteiger partial charge >= 0.3 is 0 Å². The lowest BCUT2D eigenvalue weighted by atomic mass is 10.1. The highest BCUT2D eigenvalue weighted by Crippen LogP contribution is 2.02. The Kier molecular flexibility index (Phi) is 16.7. The van der Waals surface area contributed by atoms with Crippen molar-refractivity contribution in [1.82, 2.24) is 0 Å². The van der Waals surface area contributed by atoms with Crippen molar-refractivity contribution in [3.05, 3.63) is 0 Å². The lowest BCUT2D eigenvalue weighted by Gasteiger charge is -1.93. The number of rotatable bonds is 7. The smallest absolute Gasteiger partial charge is 0.129 e. The highest BCUT2D eigenvalue weighted by Gasteiger charge is 1.85. The number of carbonyl (C=O) groups is 2. The van der Waals surface area contributed by atoms with Gasteiger partial charge in [0.2, 0.25) is 0 Å². The summed E-state index contributed by atoms with van der Waals surface area (Å²) in [6.45, 7) is 5.63. The van der Waals surface area contributed by atoms with Gasteiger partial charge in [0.15, 0.2) is 0 Å². The predicted molar refractivity (Wildman–Crippen MR) is 60.4 cm³/mol. The molecule has 0 aliphatic rings. The van der Waals surface area contributed by atoms with Gasteiger partial charge in [-0.25, -0.2) is 0 Å². The van der Waals surface area contributed by atoms with Gasteiger partial charge in [0, 0.05) is 12.8 Å². The van der Waals surface area contributed by atoms with Crippen LogP contribution in [-0.4, -0.2) is 12.1 Å². The summed E-state index contributed by atoms with van der Waals surface area (Å²) in [5.41, 5.74) is 0. The summed E-state index contributed by atoms with van der Waals surface area (Å²) in [5, 5.41) is 0. The van der Waals surface area contributed by atoms with E-state index in [4.69, 9.17) is 0 Å². The fraction of sp³-hybridized carbons (Fsp3) is 0.833. The van der Waals surface area contributed by atoms with Crippen LogP contribution >= 0.6 is 0 Å². The fourth-order valence-corrected chi connectivity index (χ4v) is 0.831. The number of carbonyl (C=O) groups excluding carboxylic acids is 2. The number of aldehydes is 1. The molecule has 2 nitrogen and oxygen atoms in total. The maximum absolute atomic E-state index is 9.84. The van der Waals surface area contributed by atoms with Crippen LogP contribution in [0.3, 0.4) is 0 Å². The van der Waals surface area contributed by atoms with Crippen molar-refractivity contribution in [2.45, 2.75) is 65.7 Å². The molecule has 0 aliphatic carbocycles. The quantitative estimate of drug-likeness (QED) is 0.465. The molecule has 0 bridgehead atoms. The fourth-order valence-electron chi connectivity index (χ4n) is 0.831. The lowest BCUT2D eigenvalue weighted by Crippen LogP contribution is -1.80. The predicted octanol–water partition coefficient (Wildman–Crippen LogP) is 3.53. The molecule has 0 spiro atoms. The Labute approximate surface area is 88.1 Å². The van der Waals surface area contributed by atoms with Gasteiger partial charge in [-0.05, 0) is 13.3 Å². The van der Waals surface area contributed by atoms with Crippen LogP contribution in [0.4, 0.5) is 0 Å². The summed E-state index contributed by atoms with van der Waals surface area (Å²) in [6.07, 6.45) is 8.63. The van der Waals surface area contributed by atoms with E-state index in [1.54, 1.807) is 6.92 Å². The second kappa shape index (κ2) is 14.8. The van der Waals surface area contributed by atoms with E-state index in [-0.39, 0.29) is 5.78 Å². The van der Waals surface area contributed by atoms with Gasteiger partial charge in [0.05, 0.1) is 0 Å². The maximum Gasteiger partial charge on any atom is 0.129 e. The van der Waals surface area contributed by atoms with Gasteiger partial charge in [0.1, 0.15) is 12.1 Å². The van der Waals surface area contributed by atoms with Crippen molar-refractivity contribution in [1.29, 1.82) is 0 Å². The lowest BCUT2D eigenvalue weighted by molar-refractivity contribution is -0.116. The zero-order valence-corrected chi connectivity index (χ0v) is 9.84. The molecule has 0 saturated heterocycles. The molecule has 0 heterocycles. The van der Waals surface area contributed by atoms with E-state index in [1.807, 2.05) is 6.92 Å². The van der Waals surface area contributed by atoms with Gasteiger partial charge in [-0.15, -0.1) is 0 Å². The molecule has 0 radical (unpaired) electrons. The average Bonchev–Trinajstić information content (AvgIpc) is 2.19. The van der Waals surface area contributed by atoms with E-state index in [9.17, 15) is 9.59 Å². The molecule has 0 atom stereocenters. The largest absolute Gasteiger partial charge is 0.303 e. The van der Waals surface area contributed by atoms with Crippen LogP contribution in [0.1, 0.15) is 65.7 Å². The zero-order chi connectivity index (χ0) is 11.2. The number of hydrogen-bond donors (Lipinski definition) is 0. The Morgan fingerprint density at radius 2 is 1.57 bits per heavy atom. The Hall–Kier alpha value is -0.660. The molecule has 0 saturated carbocycles. The van der Waals surface area contributed by atoms with E-state index in [0.717, 1.165) is 19.1 Å². The molecule has 0 aliphatic heterocycles. The Morgan fingerprint density at radius 3 is 1.93 bits per heavy atom. The number of Topliss-reactive ketones (excluding diaryl/α,β-unsaturated/α-hetero) is 1. The van der Waals surface area contributed by atoms with Gasteiger partial charge in [-0.3, -0.25) is 0 Å². The van der Waals surface area contributed by atoms with Gasteiger partial charge in [-0.1, -0.05) is 39.5 Å². The molecule has 84 valence electrons. The Bertz CT molecular complexity index is 130. The summed E-state index contributed by atoms with van der Waals surface area (Å²) < 4.78 is 0. The normalized spacial score (nSPS) is 8.79. The van der Waals surface area contributed by atoms with Crippen molar-refractivity contribution >= 4 is 12.1 Å². The van der Waals surface area contributed by atoms with E-state index >= 15 is 0 Å². The van der Waals surface area contributed by atoms with Crippen LogP contribution in [0.2, 0.25) is 0 Å². The molecular weight excluding hydrogens is 176 g/mol. The molecule has 0 aromatic carbocycles. The van der Waals surface area contributed by atoms with E-state index in [0.29, 0.717) is 6.42 Å². The average molecular weight is 200 g/mol. The maximum atomic E-state index is 9.84. The van der Waals surface area contributed by atoms with Crippen molar-refractivity contribution in [2.24, 2.45) is 0 Å². The molecular formula is C12H24O2. The van der Waals surface area contributed by atoms with Gasteiger partial charge in [-0.2, -0.15) is 0 Å². The molecule has 0 fully saturated rings. The van der Waals surface area contributed by atoms with Gasteiger partial charge < -0.3 is 9.59 Å². The van der Waals surface area contributed by atoms with E-state index < -0.39 is 0 Å². The Balaban J connectivity index is 0. The van der Waals surface area contributed by atoms with Crippen molar-refractivity contribution in [3.63, 3.8) is 0 Å². The molecule has 0 aromatic heterocycles. The summed E-state index contributed by atoms with van der Waals surface area (Å²) in [6, 6.07) is 0. The summed E-state index contributed by atoms with van der Waals surface area (Å²) in [4.78, 5) is 19.7. The third-order valence-corrected chi connectivity index (χ3v) is 1.92. The van der Waals surface area contributed by atoms with Crippen molar-refractivity contribution in [2.75, 3.05) is 0 Å². The van der Waals surface area contributed by atoms with Crippen LogP contribution in [-0.2, 0) is 9.59 Å². The second-order valence-electron chi connectivity index (χ2n) is 3.43. The van der Waals surface area contributed by atoms with E-state index in [2.05, 4.69) is 6.92 Å². The summed E-state index contributed by atoms with van der Waals surface area (Å²) in [7, 11) is 0. The summed E-state index contributed by atoms with van der Waals surface area (Å²) in [5.74, 6) is 0.255. The molecule has 2 heteroatoms. The minimum Gasteiger partial charge on any atom is -0.303 e. The molecule has 0 amide bonds. The molecule has 0 unspecified atom stereocenters. The minimum atomic E-state index is 0.255. The molecule has 14 heavy (non-hydrogen) atoms. The monoisotopic (exact) mass is 200 g/mol. The highest BCUT2D eigenvalue weighted by molar-refractivity contribution is 5.74. The first kappa shape index (κ1) is 15.8. The minimum absolute atomic E-state index is 0.255. The van der Waals surface area contributed by atoms with Crippen LogP contribution in [0.5, 0.6) is 0 Å². The van der Waals surface area contributed by atoms with Crippen molar-refractivity contribution < 1.29 is 9.59 Å². The number of ketones is 1. The van der Waals surface area contributed by atoms with Crippen LogP contribution < -0.4 is 0 Å². The summed E-state index contributed by atoms with van der Waals surface area (Å²) >= 11 is 0. The SMILES string of the molecule is CCC(C)=O.CCCCCCCC=O. The first-order chi connectivity index (χ1) is 6.68. The van der Waals surface area contributed by atoms with Crippen LogP contribution in [0, 0.1) is 0 Å². The van der Waals surface area contributed by atoms with E-state index in [1.165, 1.54) is 25.7 Å². The molecule has 0 N–H and O–H groups in total. The first-order valence-corrected chi connectivity index (χ1v) is 5.62. The van der Waals surface area contributed by atoms with Crippen LogP contribution in [0.25, 0.3) is 0 Å². The topological polar surface area (TPSA) is 34.1 Å². The standard InChI is InChI=1S/C8H16O.C4H8O/c1-2-3-4-5-6-7-8-9;1-3-4(2)5/h8H,2-7H2,1H3;3H2,1-2H3. The third kappa shape index (κ3) is 22.5. The van der Waals surface area contributed by atoms with Crippen LogP contribution in [0.15, 0.2) is 0 Å². The molecule has 0 rings (SSSR count). The highest BCUT2D eigenvalue weighted by atomic mass is 16.1. The third-order valence-electron chi connectivity index (χ3n) is 1.92. The molecule has 0 aromatic rings. The van der Waals surface area contributed by atoms with Crippen molar-refractivity contribution in [3.8, 4) is 0 Å². The van der Waals surface area contributed by atoms with Gasteiger partial charge in [0.25, 0.3) is 0 Å². The zero-order valence-electron chi connectivity index (χ0n) is 9.84. The number of unbranched alkanes of at least 4 members (excludes halogenated alkanes) is 5. The first-order valence-electron chi connectivity index (χ1n) is 5.62.